The molecule has 0 aliphatic carbocycles. The minimum Gasteiger partial charge on any atom is -0.282 e. The molecule has 1 N–H and O–H groups in total. The lowest BCUT2D eigenvalue weighted by Gasteiger charge is -2.12. The molecule has 2 aromatic carbocycles. The standard InChI is InChI=1S/C36H60O3S/c1-3-5-7-9-11-13-15-17-19-21-23-25-32-29-33(26-24-22-20-18-16-14-12-10-8-6-4-2)36-28-27-35(40(37,38)39)31-34(36)30-32/h27-31H,3-26H2,1-2H3,(H,37,38,39). The van der Waals surface area contributed by atoms with Gasteiger partial charge in [0.1, 0.15) is 0 Å². The van der Waals surface area contributed by atoms with Crippen LogP contribution in [0.15, 0.2) is 35.2 Å². The van der Waals surface area contributed by atoms with Crippen LogP contribution in [0.4, 0.5) is 0 Å². The highest BCUT2D eigenvalue weighted by molar-refractivity contribution is 7.85. The van der Waals surface area contributed by atoms with Crippen molar-refractivity contribution in [2.75, 3.05) is 0 Å². The highest BCUT2D eigenvalue weighted by atomic mass is 32.2. The first-order chi connectivity index (χ1) is 19.5. The molecule has 0 saturated carbocycles. The van der Waals surface area contributed by atoms with Crippen LogP contribution >= 0.6 is 0 Å². The maximum absolute atomic E-state index is 11.8. The Balaban J connectivity index is 1.81. The molecule has 0 aliphatic heterocycles. The molecule has 0 unspecified atom stereocenters. The van der Waals surface area contributed by atoms with Gasteiger partial charge >= 0.3 is 0 Å². The van der Waals surface area contributed by atoms with Gasteiger partial charge in [-0.25, -0.2) is 0 Å². The number of hydrogen-bond donors (Lipinski definition) is 1. The van der Waals surface area contributed by atoms with E-state index in [4.69, 9.17) is 0 Å². The monoisotopic (exact) mass is 572 g/mol. The second-order valence-corrected chi connectivity index (χ2v) is 13.6. The molecule has 0 radical (unpaired) electrons. The summed E-state index contributed by atoms with van der Waals surface area (Å²) < 4.78 is 33.1. The lowest BCUT2D eigenvalue weighted by molar-refractivity contribution is 0.483. The van der Waals surface area contributed by atoms with Gasteiger partial charge in [0.2, 0.25) is 0 Å². The molecule has 0 spiro atoms. The summed E-state index contributed by atoms with van der Waals surface area (Å²) in [6.45, 7) is 4.55. The van der Waals surface area contributed by atoms with Gasteiger partial charge in [0, 0.05) is 0 Å². The quantitative estimate of drug-likeness (QED) is 0.0950. The van der Waals surface area contributed by atoms with Crippen molar-refractivity contribution in [3.63, 3.8) is 0 Å². The molecule has 2 aromatic rings. The van der Waals surface area contributed by atoms with Crippen molar-refractivity contribution in [3.8, 4) is 0 Å². The number of fused-ring (bicyclic) bond motifs is 1. The summed E-state index contributed by atoms with van der Waals surface area (Å²) in [6, 6.07) is 9.59. The van der Waals surface area contributed by atoms with Crippen molar-refractivity contribution in [1.29, 1.82) is 0 Å². The fraction of sp³-hybridized carbons (Fsp3) is 0.722. The second kappa shape index (κ2) is 21.3. The van der Waals surface area contributed by atoms with Crippen LogP contribution in [0.1, 0.15) is 166 Å². The SMILES string of the molecule is CCCCCCCCCCCCCc1cc(CCCCCCCCCCCCC)c2ccc(S(=O)(=O)O)cc2c1. The summed E-state index contributed by atoms with van der Waals surface area (Å²) in [5, 5.41) is 2.07. The molecule has 4 heteroatoms. The van der Waals surface area contributed by atoms with Crippen molar-refractivity contribution in [1.82, 2.24) is 0 Å². The van der Waals surface area contributed by atoms with Gasteiger partial charge < -0.3 is 0 Å². The number of hydrogen-bond acceptors (Lipinski definition) is 2. The Labute approximate surface area is 247 Å². The lowest BCUT2D eigenvalue weighted by Crippen LogP contribution is -1.99. The summed E-state index contributed by atoms with van der Waals surface area (Å²) in [4.78, 5) is -0.00696. The van der Waals surface area contributed by atoms with E-state index in [0.717, 1.165) is 23.6 Å². The predicted octanol–water partition coefficient (Wildman–Crippen LogP) is 11.8. The van der Waals surface area contributed by atoms with Gasteiger partial charge in [-0.05, 0) is 59.7 Å². The molecule has 0 bridgehead atoms. The Hall–Kier alpha value is -1.39. The third-order valence-electron chi connectivity index (χ3n) is 8.49. The van der Waals surface area contributed by atoms with E-state index in [-0.39, 0.29) is 4.90 Å². The predicted molar refractivity (Wildman–Crippen MR) is 174 cm³/mol. The maximum atomic E-state index is 11.8. The van der Waals surface area contributed by atoms with Crippen molar-refractivity contribution in [2.24, 2.45) is 0 Å². The first-order valence-corrected chi connectivity index (χ1v) is 18.4. The van der Waals surface area contributed by atoms with Crippen LogP contribution < -0.4 is 0 Å². The highest BCUT2D eigenvalue weighted by Gasteiger charge is 2.12. The van der Waals surface area contributed by atoms with E-state index < -0.39 is 10.1 Å². The van der Waals surface area contributed by atoms with Gasteiger partial charge in [0.05, 0.1) is 4.90 Å². The minimum absolute atomic E-state index is 0.00696. The lowest BCUT2D eigenvalue weighted by atomic mass is 9.94. The van der Waals surface area contributed by atoms with E-state index in [1.165, 1.54) is 152 Å². The van der Waals surface area contributed by atoms with Gasteiger partial charge in [-0.1, -0.05) is 160 Å². The molecule has 0 aliphatic rings. The Bertz CT molecular complexity index is 1030. The summed E-state index contributed by atoms with van der Waals surface area (Å²) in [6.07, 6.45) is 31.5. The van der Waals surface area contributed by atoms with Crippen LogP contribution in [-0.2, 0) is 23.0 Å². The van der Waals surface area contributed by atoms with Gasteiger partial charge in [-0.2, -0.15) is 8.42 Å². The van der Waals surface area contributed by atoms with Crippen molar-refractivity contribution < 1.29 is 13.0 Å². The summed E-state index contributed by atoms with van der Waals surface area (Å²) >= 11 is 0. The molecular weight excluding hydrogens is 512 g/mol. The molecule has 0 atom stereocenters. The third kappa shape index (κ3) is 15.0. The third-order valence-corrected chi connectivity index (χ3v) is 9.34. The van der Waals surface area contributed by atoms with Gasteiger partial charge in [0.25, 0.3) is 10.1 Å². The zero-order valence-electron chi connectivity index (χ0n) is 26.0. The van der Waals surface area contributed by atoms with E-state index in [1.54, 1.807) is 12.1 Å². The van der Waals surface area contributed by atoms with Crippen LogP contribution in [0.2, 0.25) is 0 Å². The van der Waals surface area contributed by atoms with Crippen molar-refractivity contribution in [2.45, 2.75) is 173 Å². The molecule has 0 amide bonds. The summed E-state index contributed by atoms with van der Waals surface area (Å²) in [7, 11) is -4.20. The topological polar surface area (TPSA) is 54.4 Å². The number of benzene rings is 2. The van der Waals surface area contributed by atoms with Crippen molar-refractivity contribution >= 4 is 20.9 Å². The maximum Gasteiger partial charge on any atom is 0.294 e. The number of unbranched alkanes of at least 4 members (excludes halogenated alkanes) is 20. The number of rotatable bonds is 25. The zero-order chi connectivity index (χ0) is 28.9. The van der Waals surface area contributed by atoms with E-state index in [2.05, 4.69) is 26.0 Å². The molecule has 0 heterocycles. The molecule has 0 aromatic heterocycles. The van der Waals surface area contributed by atoms with Crippen LogP contribution in [0, 0.1) is 0 Å². The fourth-order valence-electron chi connectivity index (χ4n) is 5.98. The first-order valence-electron chi connectivity index (χ1n) is 17.0. The van der Waals surface area contributed by atoms with Crippen LogP contribution in [0.5, 0.6) is 0 Å². The molecular formula is C36H60O3S. The first kappa shape index (κ1) is 34.8. The molecule has 0 saturated heterocycles. The second-order valence-electron chi connectivity index (χ2n) is 12.2. The Kier molecular flexibility index (Phi) is 18.6. The highest BCUT2D eigenvalue weighted by Crippen LogP contribution is 2.27. The van der Waals surface area contributed by atoms with Crippen molar-refractivity contribution in [3.05, 3.63) is 41.5 Å². The minimum atomic E-state index is -4.20. The average molecular weight is 573 g/mol. The Morgan fingerprint density at radius 2 is 0.950 bits per heavy atom. The molecule has 228 valence electrons. The van der Waals surface area contributed by atoms with Gasteiger partial charge in [-0.3, -0.25) is 4.55 Å². The van der Waals surface area contributed by atoms with E-state index in [9.17, 15) is 13.0 Å². The van der Waals surface area contributed by atoms with Crippen LogP contribution in [0.3, 0.4) is 0 Å². The van der Waals surface area contributed by atoms with Crippen LogP contribution in [0.25, 0.3) is 10.8 Å². The normalized spacial score (nSPS) is 12.0. The average Bonchev–Trinajstić information content (AvgIpc) is 2.93. The fourth-order valence-corrected chi connectivity index (χ4v) is 6.50. The Morgan fingerprint density at radius 3 is 1.40 bits per heavy atom. The van der Waals surface area contributed by atoms with E-state index in [1.807, 2.05) is 6.07 Å². The summed E-state index contributed by atoms with van der Waals surface area (Å²) in [5.74, 6) is 0. The smallest absolute Gasteiger partial charge is 0.282 e. The molecule has 0 fully saturated rings. The summed E-state index contributed by atoms with van der Waals surface area (Å²) in [5.41, 5.74) is 2.63. The number of aryl methyl sites for hydroxylation is 2. The van der Waals surface area contributed by atoms with Gasteiger partial charge in [0.15, 0.2) is 0 Å². The molecule has 40 heavy (non-hydrogen) atoms. The largest absolute Gasteiger partial charge is 0.294 e. The Morgan fingerprint density at radius 1 is 0.525 bits per heavy atom. The zero-order valence-corrected chi connectivity index (χ0v) is 26.8. The molecule has 2 rings (SSSR count). The molecule has 3 nitrogen and oxygen atoms in total. The van der Waals surface area contributed by atoms with E-state index in [0.29, 0.717) is 0 Å². The van der Waals surface area contributed by atoms with Crippen LogP contribution in [-0.4, -0.2) is 13.0 Å². The van der Waals surface area contributed by atoms with Gasteiger partial charge in [-0.15, -0.1) is 0 Å². The van der Waals surface area contributed by atoms with E-state index >= 15 is 0 Å².